The number of unbranched alkanes of at least 4 members (excludes halogenated alkanes) is 8. The molecule has 0 unspecified atom stereocenters. The van der Waals surface area contributed by atoms with Crippen LogP contribution in [-0.2, 0) is 4.79 Å². The lowest BCUT2D eigenvalue weighted by Crippen LogP contribution is -2.32. The van der Waals surface area contributed by atoms with Gasteiger partial charge in [-0.1, -0.05) is 58.3 Å². The van der Waals surface area contributed by atoms with Crippen LogP contribution in [0.1, 0.15) is 77.6 Å². The topological polar surface area (TPSA) is 63.8 Å². The Labute approximate surface area is 147 Å². The van der Waals surface area contributed by atoms with Crippen molar-refractivity contribution in [3.8, 4) is 0 Å². The number of carboxylic acids is 1. The fourth-order valence-corrected chi connectivity index (χ4v) is 3.44. The average molecular weight is 342 g/mol. The maximum atomic E-state index is 10.8. The minimum absolute atomic E-state index is 0.161. The molecule has 0 amide bonds. The summed E-state index contributed by atoms with van der Waals surface area (Å²) in [5.41, 5.74) is 0. The highest BCUT2D eigenvalue weighted by Crippen LogP contribution is 2.13. The average Bonchev–Trinajstić information content (AvgIpc) is 2.94. The van der Waals surface area contributed by atoms with Crippen molar-refractivity contribution in [2.24, 2.45) is 0 Å². The van der Waals surface area contributed by atoms with Gasteiger partial charge in [0.15, 0.2) is 0 Å². The smallest absolute Gasteiger partial charge is 0.307 e. The molecule has 0 atom stereocenters. The Balaban J connectivity index is 2.24. The Morgan fingerprint density at radius 1 is 1.08 bits per heavy atom. The highest BCUT2D eigenvalue weighted by Gasteiger charge is 2.29. The molecule has 1 heterocycles. The van der Waals surface area contributed by atoms with Crippen LogP contribution in [-0.4, -0.2) is 64.3 Å². The molecule has 0 spiro atoms. The molecule has 2 N–H and O–H groups in total. The van der Waals surface area contributed by atoms with Crippen LogP contribution in [0.4, 0.5) is 0 Å². The molecule has 140 valence electrons. The monoisotopic (exact) mass is 341 g/mol. The number of aliphatic carboxylic acids is 1. The fraction of sp³-hybridized carbons (Fsp3) is 0.895. The van der Waals surface area contributed by atoms with Crippen molar-refractivity contribution in [3.05, 3.63) is 0 Å². The molecule has 0 saturated carbocycles. The van der Waals surface area contributed by atoms with E-state index >= 15 is 0 Å². The summed E-state index contributed by atoms with van der Waals surface area (Å²) in [4.78, 5) is 13.0. The van der Waals surface area contributed by atoms with Gasteiger partial charge in [-0.25, -0.2) is 0 Å². The van der Waals surface area contributed by atoms with E-state index in [0.29, 0.717) is 13.1 Å². The molecule has 0 aromatic heterocycles. The number of hydrogen-bond acceptors (Lipinski definition) is 3. The molecule has 0 fully saturated rings. The molecule has 5 nitrogen and oxygen atoms in total. The minimum Gasteiger partial charge on any atom is -0.481 e. The molecular formula is C19H37N2O3+. The number of rotatable bonds is 15. The van der Waals surface area contributed by atoms with Crippen LogP contribution in [0, 0.1) is 0 Å². The van der Waals surface area contributed by atoms with Crippen LogP contribution in [0.5, 0.6) is 0 Å². The van der Waals surface area contributed by atoms with E-state index in [1.807, 2.05) is 0 Å². The summed E-state index contributed by atoms with van der Waals surface area (Å²) in [5.74, 6) is 0.506. The summed E-state index contributed by atoms with van der Waals surface area (Å²) >= 11 is 0. The van der Waals surface area contributed by atoms with E-state index in [1.54, 1.807) is 0 Å². The van der Waals surface area contributed by atoms with Crippen molar-refractivity contribution in [3.63, 3.8) is 0 Å². The first-order valence-corrected chi connectivity index (χ1v) is 9.87. The van der Waals surface area contributed by atoms with E-state index in [-0.39, 0.29) is 13.0 Å². The van der Waals surface area contributed by atoms with Gasteiger partial charge in [0, 0.05) is 6.42 Å². The molecule has 1 aliphatic rings. The van der Waals surface area contributed by atoms with Gasteiger partial charge in [-0.3, -0.25) is 14.3 Å². The van der Waals surface area contributed by atoms with E-state index < -0.39 is 5.97 Å². The van der Waals surface area contributed by atoms with E-state index in [2.05, 4.69) is 16.4 Å². The van der Waals surface area contributed by atoms with Gasteiger partial charge < -0.3 is 10.2 Å². The number of carboxylic acid groups (broad SMARTS) is 1. The number of hydrogen-bond donors (Lipinski definition) is 2. The number of β-amino-alcohol motifs (C(OH)–C–C–N with tert-alkyl or cyclic N) is 1. The predicted octanol–water partition coefficient (Wildman–Crippen LogP) is 3.10. The van der Waals surface area contributed by atoms with Gasteiger partial charge >= 0.3 is 5.97 Å². The first-order chi connectivity index (χ1) is 11.7. The van der Waals surface area contributed by atoms with Crippen LogP contribution in [0.15, 0.2) is 0 Å². The van der Waals surface area contributed by atoms with Crippen LogP contribution >= 0.6 is 0 Å². The summed E-state index contributed by atoms with van der Waals surface area (Å²) in [6, 6.07) is 0. The normalized spacial score (nSPS) is 14.7. The van der Waals surface area contributed by atoms with E-state index in [9.17, 15) is 9.90 Å². The van der Waals surface area contributed by atoms with Gasteiger partial charge in [-0.15, -0.1) is 0 Å². The number of nitrogens with zero attached hydrogens (tertiary/aromatic N) is 2. The molecule has 0 radical (unpaired) electrons. The second-order valence-electron chi connectivity index (χ2n) is 6.84. The second kappa shape index (κ2) is 13.2. The number of amidine groups is 1. The SMILES string of the molecule is CCCCCCCCCCCC1=[N+](CCO)CCN1CCC(=O)O. The lowest BCUT2D eigenvalue weighted by Gasteiger charge is -2.12. The zero-order valence-electron chi connectivity index (χ0n) is 15.5. The third-order valence-electron chi connectivity index (χ3n) is 4.84. The molecular weight excluding hydrogens is 304 g/mol. The molecule has 0 saturated heterocycles. The van der Waals surface area contributed by atoms with Gasteiger partial charge in [-0.2, -0.15) is 0 Å². The summed E-state index contributed by atoms with van der Waals surface area (Å²) < 4.78 is 2.23. The molecule has 24 heavy (non-hydrogen) atoms. The third-order valence-corrected chi connectivity index (χ3v) is 4.84. The Morgan fingerprint density at radius 3 is 2.29 bits per heavy atom. The van der Waals surface area contributed by atoms with Crippen LogP contribution in [0.25, 0.3) is 0 Å². The molecule has 0 aromatic rings. The number of carbonyl (C=O) groups is 1. The van der Waals surface area contributed by atoms with Crippen molar-refractivity contribution in [1.29, 1.82) is 0 Å². The summed E-state index contributed by atoms with van der Waals surface area (Å²) in [7, 11) is 0. The van der Waals surface area contributed by atoms with E-state index in [4.69, 9.17) is 5.11 Å². The molecule has 1 rings (SSSR count). The zero-order chi connectivity index (χ0) is 17.6. The fourth-order valence-electron chi connectivity index (χ4n) is 3.44. The van der Waals surface area contributed by atoms with Gasteiger partial charge in [0.1, 0.15) is 19.6 Å². The zero-order valence-corrected chi connectivity index (χ0v) is 15.5. The predicted molar refractivity (Wildman–Crippen MR) is 97.8 cm³/mol. The molecule has 0 bridgehead atoms. The van der Waals surface area contributed by atoms with Crippen molar-refractivity contribution in [2.75, 3.05) is 32.8 Å². The van der Waals surface area contributed by atoms with Gasteiger partial charge in [0.05, 0.1) is 19.6 Å². The van der Waals surface area contributed by atoms with Crippen LogP contribution in [0.3, 0.4) is 0 Å². The standard InChI is InChI=1S/C19H36N2O3/c1-2-3-4-5-6-7-8-9-10-11-18-20(13-12-19(23)24)14-15-21(18)16-17-22/h22H,2-17H2,1H3/p+1. The third kappa shape index (κ3) is 8.67. The summed E-state index contributed by atoms with van der Waals surface area (Å²) in [6.07, 6.45) is 13.0. The Hall–Kier alpha value is -1.10. The quantitative estimate of drug-likeness (QED) is 0.355. The van der Waals surface area contributed by atoms with Crippen molar-refractivity contribution in [1.82, 2.24) is 4.90 Å². The van der Waals surface area contributed by atoms with Crippen molar-refractivity contribution < 1.29 is 19.6 Å². The second-order valence-corrected chi connectivity index (χ2v) is 6.84. The lowest BCUT2D eigenvalue weighted by molar-refractivity contribution is -0.521. The van der Waals surface area contributed by atoms with Gasteiger partial charge in [-0.05, 0) is 6.42 Å². The number of aliphatic hydroxyl groups excluding tert-OH is 1. The number of aliphatic hydroxyl groups is 1. The van der Waals surface area contributed by atoms with Gasteiger partial charge in [0.25, 0.3) is 0 Å². The Kier molecular flexibility index (Phi) is 11.5. The summed E-state index contributed by atoms with van der Waals surface area (Å²) in [5, 5.41) is 18.1. The first kappa shape index (κ1) is 20.9. The van der Waals surface area contributed by atoms with Crippen molar-refractivity contribution >= 4 is 11.8 Å². The van der Waals surface area contributed by atoms with Crippen LogP contribution < -0.4 is 0 Å². The Bertz CT molecular complexity index is 383. The maximum absolute atomic E-state index is 10.8. The van der Waals surface area contributed by atoms with Crippen molar-refractivity contribution in [2.45, 2.75) is 77.6 Å². The molecule has 5 heteroatoms. The molecule has 0 aromatic carbocycles. The summed E-state index contributed by atoms with van der Waals surface area (Å²) in [6.45, 7) is 5.46. The molecule has 0 aliphatic carbocycles. The highest BCUT2D eigenvalue weighted by atomic mass is 16.4. The largest absolute Gasteiger partial charge is 0.481 e. The Morgan fingerprint density at radius 2 is 1.71 bits per heavy atom. The molecule has 1 aliphatic heterocycles. The minimum atomic E-state index is -0.738. The lowest BCUT2D eigenvalue weighted by atomic mass is 10.1. The first-order valence-electron chi connectivity index (χ1n) is 9.87. The van der Waals surface area contributed by atoms with Gasteiger partial charge in [0.2, 0.25) is 5.84 Å². The highest BCUT2D eigenvalue weighted by molar-refractivity contribution is 5.79. The maximum Gasteiger partial charge on any atom is 0.307 e. The van der Waals surface area contributed by atoms with Crippen LogP contribution in [0.2, 0.25) is 0 Å². The van der Waals surface area contributed by atoms with E-state index in [1.165, 1.54) is 57.2 Å². The van der Waals surface area contributed by atoms with E-state index in [0.717, 1.165) is 25.9 Å².